The molecule has 1 unspecified atom stereocenters. The molecule has 0 heterocycles. The summed E-state index contributed by atoms with van der Waals surface area (Å²) in [7, 11) is 0. The van der Waals surface area contributed by atoms with E-state index in [4.69, 9.17) is 0 Å². The minimum Gasteiger partial charge on any atom is -0.312 e. The number of nitrogens with one attached hydrogen (secondary N) is 1. The van der Waals surface area contributed by atoms with E-state index < -0.39 is 11.7 Å². The van der Waals surface area contributed by atoms with Crippen LogP contribution in [0, 0.1) is 12.8 Å². The molecule has 1 rings (SSSR count). The van der Waals surface area contributed by atoms with Crippen LogP contribution in [-0.4, -0.2) is 12.1 Å². The quantitative estimate of drug-likeness (QED) is 0.854. The van der Waals surface area contributed by atoms with E-state index in [1.807, 2.05) is 0 Å². The number of alkyl halides is 3. The Bertz CT molecular complexity index is 444. The van der Waals surface area contributed by atoms with Crippen LogP contribution in [0.1, 0.15) is 44.4 Å². The SMILES string of the molecule is Cc1cc(C(F)(F)F)ccc1CC(C)CNC(C)(C)C. The van der Waals surface area contributed by atoms with Gasteiger partial charge in [0.25, 0.3) is 0 Å². The molecule has 1 atom stereocenters. The molecule has 1 aromatic carbocycles. The summed E-state index contributed by atoms with van der Waals surface area (Å²) < 4.78 is 37.8. The highest BCUT2D eigenvalue weighted by molar-refractivity contribution is 5.32. The summed E-state index contributed by atoms with van der Waals surface area (Å²) >= 11 is 0. The van der Waals surface area contributed by atoms with E-state index in [2.05, 4.69) is 33.0 Å². The van der Waals surface area contributed by atoms with Crippen molar-refractivity contribution in [2.75, 3.05) is 6.54 Å². The highest BCUT2D eigenvalue weighted by Gasteiger charge is 2.30. The third-order valence-corrected chi connectivity index (χ3v) is 3.22. The molecule has 1 aromatic rings. The molecule has 0 aliphatic carbocycles. The standard InChI is InChI=1S/C16H24F3N/c1-11(10-20-15(3,4)5)8-13-6-7-14(9-12(13)2)16(17,18)19/h6-7,9,11,20H,8,10H2,1-5H3. The average Bonchev–Trinajstić information content (AvgIpc) is 2.27. The number of hydrogen-bond donors (Lipinski definition) is 1. The zero-order chi connectivity index (χ0) is 15.6. The number of rotatable bonds is 4. The highest BCUT2D eigenvalue weighted by atomic mass is 19.4. The van der Waals surface area contributed by atoms with E-state index in [0.29, 0.717) is 11.5 Å². The molecule has 0 saturated heterocycles. The zero-order valence-electron chi connectivity index (χ0n) is 12.9. The maximum atomic E-state index is 12.6. The van der Waals surface area contributed by atoms with Crippen molar-refractivity contribution in [1.29, 1.82) is 0 Å². The molecular formula is C16H24F3N. The lowest BCUT2D eigenvalue weighted by molar-refractivity contribution is -0.137. The second kappa shape index (κ2) is 6.17. The first-order valence-corrected chi connectivity index (χ1v) is 6.91. The molecular weight excluding hydrogens is 263 g/mol. The molecule has 0 aromatic heterocycles. The van der Waals surface area contributed by atoms with E-state index in [-0.39, 0.29) is 5.54 Å². The second-order valence-electron chi connectivity index (χ2n) is 6.58. The topological polar surface area (TPSA) is 12.0 Å². The van der Waals surface area contributed by atoms with Crippen molar-refractivity contribution < 1.29 is 13.2 Å². The minimum absolute atomic E-state index is 0.0590. The Labute approximate surface area is 119 Å². The minimum atomic E-state index is -4.26. The van der Waals surface area contributed by atoms with E-state index >= 15 is 0 Å². The fourth-order valence-corrected chi connectivity index (χ4v) is 2.03. The van der Waals surface area contributed by atoms with Gasteiger partial charge in [0.1, 0.15) is 0 Å². The van der Waals surface area contributed by atoms with E-state index in [9.17, 15) is 13.2 Å². The van der Waals surface area contributed by atoms with Gasteiger partial charge in [0.05, 0.1) is 5.56 Å². The van der Waals surface area contributed by atoms with Crippen molar-refractivity contribution in [3.8, 4) is 0 Å². The number of benzene rings is 1. The van der Waals surface area contributed by atoms with Gasteiger partial charge < -0.3 is 5.32 Å². The molecule has 0 spiro atoms. The van der Waals surface area contributed by atoms with Gasteiger partial charge in [-0.1, -0.05) is 13.0 Å². The number of hydrogen-bond acceptors (Lipinski definition) is 1. The van der Waals surface area contributed by atoms with Gasteiger partial charge >= 0.3 is 6.18 Å². The maximum absolute atomic E-state index is 12.6. The van der Waals surface area contributed by atoms with Gasteiger partial charge in [0, 0.05) is 5.54 Å². The zero-order valence-corrected chi connectivity index (χ0v) is 12.9. The van der Waals surface area contributed by atoms with Crippen LogP contribution >= 0.6 is 0 Å². The van der Waals surface area contributed by atoms with Gasteiger partial charge in [-0.15, -0.1) is 0 Å². The monoisotopic (exact) mass is 287 g/mol. The lowest BCUT2D eigenvalue weighted by atomic mass is 9.95. The van der Waals surface area contributed by atoms with Gasteiger partial charge in [0.2, 0.25) is 0 Å². The molecule has 0 amide bonds. The molecule has 0 radical (unpaired) electrons. The van der Waals surface area contributed by atoms with Crippen LogP contribution in [0.5, 0.6) is 0 Å². The van der Waals surface area contributed by atoms with Crippen LogP contribution in [0.4, 0.5) is 13.2 Å². The fourth-order valence-electron chi connectivity index (χ4n) is 2.03. The van der Waals surface area contributed by atoms with Crippen LogP contribution in [-0.2, 0) is 12.6 Å². The predicted molar refractivity (Wildman–Crippen MR) is 76.8 cm³/mol. The predicted octanol–water partition coefficient (Wildman–Crippen LogP) is 4.58. The summed E-state index contributed by atoms with van der Waals surface area (Å²) in [6, 6.07) is 4.01. The van der Waals surface area contributed by atoms with Gasteiger partial charge in [-0.2, -0.15) is 13.2 Å². The van der Waals surface area contributed by atoms with E-state index in [1.54, 1.807) is 13.0 Å². The van der Waals surface area contributed by atoms with Crippen molar-refractivity contribution in [2.45, 2.75) is 52.8 Å². The van der Waals surface area contributed by atoms with Crippen molar-refractivity contribution in [2.24, 2.45) is 5.92 Å². The molecule has 0 bridgehead atoms. The Balaban J connectivity index is 2.69. The summed E-state index contributed by atoms with van der Waals surface area (Å²) in [5.41, 5.74) is 1.19. The first-order valence-electron chi connectivity index (χ1n) is 6.91. The third-order valence-electron chi connectivity index (χ3n) is 3.22. The van der Waals surface area contributed by atoms with Crippen LogP contribution in [0.15, 0.2) is 18.2 Å². The Kier molecular flexibility index (Phi) is 5.25. The molecule has 0 aliphatic heterocycles. The van der Waals surface area contributed by atoms with Crippen molar-refractivity contribution in [3.05, 3.63) is 34.9 Å². The number of aryl methyl sites for hydroxylation is 1. The molecule has 1 N–H and O–H groups in total. The van der Waals surface area contributed by atoms with E-state index in [0.717, 1.165) is 18.5 Å². The third kappa shape index (κ3) is 5.53. The Hall–Kier alpha value is -1.03. The Morgan fingerprint density at radius 3 is 2.20 bits per heavy atom. The average molecular weight is 287 g/mol. The summed E-state index contributed by atoms with van der Waals surface area (Å²) in [4.78, 5) is 0. The normalized spacial score (nSPS) is 14.4. The summed E-state index contributed by atoms with van der Waals surface area (Å²) in [6.07, 6.45) is -3.48. The van der Waals surface area contributed by atoms with Gasteiger partial charge in [0.15, 0.2) is 0 Å². The molecule has 0 fully saturated rings. The first kappa shape index (κ1) is 17.0. The molecule has 20 heavy (non-hydrogen) atoms. The Morgan fingerprint density at radius 1 is 1.15 bits per heavy atom. The molecule has 0 aliphatic rings. The largest absolute Gasteiger partial charge is 0.416 e. The van der Waals surface area contributed by atoms with Crippen molar-refractivity contribution >= 4 is 0 Å². The first-order chi connectivity index (χ1) is 8.99. The lowest BCUT2D eigenvalue weighted by Crippen LogP contribution is -2.39. The number of halogens is 3. The van der Waals surface area contributed by atoms with Crippen LogP contribution in [0.2, 0.25) is 0 Å². The molecule has 1 nitrogen and oxygen atoms in total. The lowest BCUT2D eigenvalue weighted by Gasteiger charge is -2.24. The fraction of sp³-hybridized carbons (Fsp3) is 0.625. The summed E-state index contributed by atoms with van der Waals surface area (Å²) in [6.45, 7) is 11.0. The summed E-state index contributed by atoms with van der Waals surface area (Å²) in [5.74, 6) is 0.379. The Morgan fingerprint density at radius 2 is 1.75 bits per heavy atom. The van der Waals surface area contributed by atoms with Crippen LogP contribution in [0.25, 0.3) is 0 Å². The van der Waals surface area contributed by atoms with Crippen LogP contribution in [0.3, 0.4) is 0 Å². The van der Waals surface area contributed by atoms with Gasteiger partial charge in [-0.3, -0.25) is 0 Å². The molecule has 114 valence electrons. The van der Waals surface area contributed by atoms with Gasteiger partial charge in [-0.25, -0.2) is 0 Å². The molecule has 4 heteroatoms. The second-order valence-corrected chi connectivity index (χ2v) is 6.58. The van der Waals surface area contributed by atoms with Crippen LogP contribution < -0.4 is 5.32 Å². The van der Waals surface area contributed by atoms with E-state index in [1.165, 1.54) is 12.1 Å². The smallest absolute Gasteiger partial charge is 0.312 e. The van der Waals surface area contributed by atoms with Crippen molar-refractivity contribution in [1.82, 2.24) is 5.32 Å². The molecule has 0 saturated carbocycles. The maximum Gasteiger partial charge on any atom is 0.416 e. The highest BCUT2D eigenvalue weighted by Crippen LogP contribution is 2.30. The van der Waals surface area contributed by atoms with Crippen molar-refractivity contribution in [3.63, 3.8) is 0 Å². The summed E-state index contributed by atoms with van der Waals surface area (Å²) in [5, 5.41) is 3.42. The van der Waals surface area contributed by atoms with Gasteiger partial charge in [-0.05, 0) is 69.8 Å².